The Balaban J connectivity index is 1.76. The van der Waals surface area contributed by atoms with Crippen molar-refractivity contribution in [3.63, 3.8) is 0 Å². The van der Waals surface area contributed by atoms with Gasteiger partial charge in [0.1, 0.15) is 10.7 Å². The highest BCUT2D eigenvalue weighted by Crippen LogP contribution is 2.23. The van der Waals surface area contributed by atoms with E-state index in [1.165, 1.54) is 0 Å². The lowest BCUT2D eigenvalue weighted by atomic mass is 9.89. The Hall–Kier alpha value is -1.66. The van der Waals surface area contributed by atoms with Gasteiger partial charge in [0.2, 0.25) is 0 Å². The van der Waals surface area contributed by atoms with Crippen molar-refractivity contribution in [3.8, 4) is 5.75 Å². The van der Waals surface area contributed by atoms with E-state index in [1.807, 2.05) is 19.1 Å². The predicted octanol–water partition coefficient (Wildman–Crippen LogP) is 1.38. The number of carbonyl (C=O) groups excluding carboxylic acids is 1. The molecule has 0 bridgehead atoms. The maximum absolute atomic E-state index is 11.8. The van der Waals surface area contributed by atoms with E-state index in [2.05, 4.69) is 5.32 Å². The summed E-state index contributed by atoms with van der Waals surface area (Å²) in [4.78, 5) is 12.1. The second-order valence-corrected chi connectivity index (χ2v) is 5.40. The van der Waals surface area contributed by atoms with E-state index in [9.17, 15) is 4.79 Å². The molecule has 0 aliphatic heterocycles. The molecule has 1 aliphatic carbocycles. The van der Waals surface area contributed by atoms with Crippen molar-refractivity contribution in [2.24, 2.45) is 5.73 Å². The van der Waals surface area contributed by atoms with Crippen LogP contribution in [0.3, 0.4) is 0 Å². The molecule has 114 valence electrons. The molecule has 1 aromatic rings. The van der Waals surface area contributed by atoms with E-state index < -0.39 is 0 Å². The van der Waals surface area contributed by atoms with Gasteiger partial charge >= 0.3 is 0 Å². The van der Waals surface area contributed by atoms with E-state index in [1.54, 1.807) is 12.1 Å². The number of amides is 1. The number of nitrogens with two attached hydrogens (primary N) is 1. The summed E-state index contributed by atoms with van der Waals surface area (Å²) in [6, 6.07) is 7.34. The summed E-state index contributed by atoms with van der Waals surface area (Å²) < 4.78 is 10.9. The van der Waals surface area contributed by atoms with Gasteiger partial charge in [-0.1, -0.05) is 24.4 Å². The highest BCUT2D eigenvalue weighted by molar-refractivity contribution is 7.80. The molecule has 2 rings (SSSR count). The van der Waals surface area contributed by atoms with Crippen LogP contribution < -0.4 is 15.8 Å². The SMILES string of the molecule is CCOC1CC(NC(=O)COc2ccccc2C(N)=S)C1. The number of hydrogen-bond donors (Lipinski definition) is 2. The maximum Gasteiger partial charge on any atom is 0.258 e. The fraction of sp³-hybridized carbons (Fsp3) is 0.467. The fourth-order valence-electron chi connectivity index (χ4n) is 2.26. The van der Waals surface area contributed by atoms with Crippen LogP contribution in [0.25, 0.3) is 0 Å². The number of nitrogens with one attached hydrogen (secondary N) is 1. The van der Waals surface area contributed by atoms with E-state index in [0.29, 0.717) is 17.9 Å². The molecule has 1 aliphatic rings. The molecular formula is C15H20N2O3S. The molecule has 1 saturated carbocycles. The lowest BCUT2D eigenvalue weighted by Gasteiger charge is -2.35. The quantitative estimate of drug-likeness (QED) is 0.745. The Morgan fingerprint density at radius 3 is 2.81 bits per heavy atom. The summed E-state index contributed by atoms with van der Waals surface area (Å²) in [5.41, 5.74) is 6.25. The van der Waals surface area contributed by atoms with Crippen molar-refractivity contribution in [3.05, 3.63) is 29.8 Å². The lowest BCUT2D eigenvalue weighted by molar-refractivity contribution is -0.125. The van der Waals surface area contributed by atoms with Crippen LogP contribution in [0.1, 0.15) is 25.3 Å². The minimum absolute atomic E-state index is 0.0462. The summed E-state index contributed by atoms with van der Waals surface area (Å²) in [7, 11) is 0. The van der Waals surface area contributed by atoms with Gasteiger partial charge in [-0.05, 0) is 31.9 Å². The van der Waals surface area contributed by atoms with Crippen LogP contribution in [0, 0.1) is 0 Å². The zero-order valence-electron chi connectivity index (χ0n) is 12.0. The van der Waals surface area contributed by atoms with Crippen LogP contribution >= 0.6 is 12.2 Å². The molecule has 1 aromatic carbocycles. The maximum atomic E-state index is 11.8. The zero-order chi connectivity index (χ0) is 15.2. The third kappa shape index (κ3) is 4.41. The largest absolute Gasteiger partial charge is 0.483 e. The molecule has 0 spiro atoms. The van der Waals surface area contributed by atoms with Crippen molar-refractivity contribution < 1.29 is 14.3 Å². The molecule has 6 heteroatoms. The Kier molecular flexibility index (Phi) is 5.52. The van der Waals surface area contributed by atoms with Gasteiger partial charge < -0.3 is 20.5 Å². The van der Waals surface area contributed by atoms with Gasteiger partial charge in [0, 0.05) is 12.6 Å². The van der Waals surface area contributed by atoms with Gasteiger partial charge in [-0.15, -0.1) is 0 Å². The number of rotatable bonds is 7. The molecule has 3 N–H and O–H groups in total. The van der Waals surface area contributed by atoms with Crippen LogP contribution in [0.15, 0.2) is 24.3 Å². The van der Waals surface area contributed by atoms with E-state index in [0.717, 1.165) is 12.8 Å². The fourth-order valence-corrected chi connectivity index (χ4v) is 2.43. The zero-order valence-corrected chi connectivity index (χ0v) is 12.8. The number of benzene rings is 1. The first-order chi connectivity index (χ1) is 10.1. The Bertz CT molecular complexity index is 515. The topological polar surface area (TPSA) is 73.6 Å². The van der Waals surface area contributed by atoms with Crippen LogP contribution in [0.2, 0.25) is 0 Å². The first kappa shape index (κ1) is 15.7. The van der Waals surface area contributed by atoms with Crippen molar-refractivity contribution in [2.75, 3.05) is 13.2 Å². The molecule has 0 saturated heterocycles. The summed E-state index contributed by atoms with van der Waals surface area (Å²) in [5.74, 6) is 0.383. The van der Waals surface area contributed by atoms with Crippen LogP contribution in [-0.2, 0) is 9.53 Å². The monoisotopic (exact) mass is 308 g/mol. The number of ether oxygens (including phenoxy) is 2. The van der Waals surface area contributed by atoms with Crippen LogP contribution in [0.4, 0.5) is 0 Å². The third-order valence-corrected chi connectivity index (χ3v) is 3.59. The first-order valence-electron chi connectivity index (χ1n) is 7.02. The van der Waals surface area contributed by atoms with E-state index >= 15 is 0 Å². The molecule has 1 amide bonds. The molecule has 0 unspecified atom stereocenters. The van der Waals surface area contributed by atoms with Gasteiger partial charge in [0.05, 0.1) is 11.7 Å². The molecule has 0 radical (unpaired) electrons. The van der Waals surface area contributed by atoms with Gasteiger partial charge in [-0.2, -0.15) is 0 Å². The molecule has 1 fully saturated rings. The average molecular weight is 308 g/mol. The predicted molar refractivity (Wildman–Crippen MR) is 84.4 cm³/mol. The first-order valence-corrected chi connectivity index (χ1v) is 7.43. The molecule has 0 atom stereocenters. The minimum atomic E-state index is -0.146. The van der Waals surface area contributed by atoms with Gasteiger partial charge in [0.25, 0.3) is 5.91 Å². The lowest BCUT2D eigenvalue weighted by Crippen LogP contribution is -2.49. The van der Waals surface area contributed by atoms with Crippen LogP contribution in [0.5, 0.6) is 5.75 Å². The summed E-state index contributed by atoms with van der Waals surface area (Å²) >= 11 is 4.95. The van der Waals surface area contributed by atoms with Crippen molar-refractivity contribution >= 4 is 23.1 Å². The number of para-hydroxylation sites is 1. The van der Waals surface area contributed by atoms with Crippen LogP contribution in [-0.4, -0.2) is 36.3 Å². The Labute approximate surface area is 129 Å². The number of thiocarbonyl (C=S) groups is 1. The smallest absolute Gasteiger partial charge is 0.258 e. The van der Waals surface area contributed by atoms with E-state index in [4.69, 9.17) is 27.4 Å². The summed E-state index contributed by atoms with van der Waals surface area (Å²) in [5, 5.41) is 2.92. The summed E-state index contributed by atoms with van der Waals surface area (Å²) in [6.07, 6.45) is 2.00. The second-order valence-electron chi connectivity index (χ2n) is 4.96. The number of carbonyl (C=O) groups is 1. The summed E-state index contributed by atoms with van der Waals surface area (Å²) in [6.45, 7) is 2.64. The molecule has 0 aromatic heterocycles. The molecule has 21 heavy (non-hydrogen) atoms. The number of hydrogen-bond acceptors (Lipinski definition) is 4. The average Bonchev–Trinajstić information content (AvgIpc) is 2.43. The van der Waals surface area contributed by atoms with Gasteiger partial charge in [-0.25, -0.2) is 0 Å². The minimum Gasteiger partial charge on any atom is -0.483 e. The highest BCUT2D eigenvalue weighted by Gasteiger charge is 2.30. The normalized spacial score (nSPS) is 20.4. The molecule has 5 nitrogen and oxygen atoms in total. The second kappa shape index (κ2) is 7.38. The molecule has 0 heterocycles. The Morgan fingerprint density at radius 2 is 2.14 bits per heavy atom. The van der Waals surface area contributed by atoms with E-state index in [-0.39, 0.29) is 29.6 Å². The van der Waals surface area contributed by atoms with Gasteiger partial charge in [0.15, 0.2) is 6.61 Å². The third-order valence-electron chi connectivity index (χ3n) is 3.37. The highest BCUT2D eigenvalue weighted by atomic mass is 32.1. The van der Waals surface area contributed by atoms with Crippen molar-refractivity contribution in [1.29, 1.82) is 0 Å². The van der Waals surface area contributed by atoms with Gasteiger partial charge in [-0.3, -0.25) is 4.79 Å². The molecular weight excluding hydrogens is 288 g/mol. The Morgan fingerprint density at radius 1 is 1.43 bits per heavy atom. The van der Waals surface area contributed by atoms with Crippen molar-refractivity contribution in [1.82, 2.24) is 5.32 Å². The standard InChI is InChI=1S/C15H20N2O3S/c1-2-19-11-7-10(8-11)17-14(18)9-20-13-6-4-3-5-12(13)15(16)21/h3-6,10-11H,2,7-9H2,1H3,(H2,16,21)(H,17,18). The van der Waals surface area contributed by atoms with Crippen molar-refractivity contribution in [2.45, 2.75) is 31.9 Å².